The summed E-state index contributed by atoms with van der Waals surface area (Å²) in [5.41, 5.74) is 4.07. The van der Waals surface area contributed by atoms with Gasteiger partial charge in [-0.25, -0.2) is 0 Å². The van der Waals surface area contributed by atoms with Gasteiger partial charge in [-0.3, -0.25) is 9.80 Å². The highest BCUT2D eigenvalue weighted by molar-refractivity contribution is 6.30. The highest BCUT2D eigenvalue weighted by Crippen LogP contribution is 2.29. The Labute approximate surface area is 167 Å². The molecule has 1 aliphatic heterocycles. The summed E-state index contributed by atoms with van der Waals surface area (Å²) in [4.78, 5) is 5.15. The summed E-state index contributed by atoms with van der Waals surface area (Å²) in [6.45, 7) is 5.30. The molecule has 1 heterocycles. The average molecular weight is 377 g/mol. The van der Waals surface area contributed by atoms with E-state index in [0.717, 1.165) is 37.7 Å². The summed E-state index contributed by atoms with van der Waals surface area (Å²) in [6.07, 6.45) is 0. The normalized spacial score (nSPS) is 15.9. The summed E-state index contributed by atoms with van der Waals surface area (Å²) < 4.78 is 0. The fourth-order valence-electron chi connectivity index (χ4n) is 3.91. The van der Waals surface area contributed by atoms with Crippen molar-refractivity contribution in [1.82, 2.24) is 9.80 Å². The zero-order chi connectivity index (χ0) is 18.5. The third kappa shape index (κ3) is 4.59. The van der Waals surface area contributed by atoms with Gasteiger partial charge in [0.05, 0.1) is 6.04 Å². The molecule has 2 nitrogen and oxygen atoms in total. The van der Waals surface area contributed by atoms with Crippen molar-refractivity contribution in [3.8, 4) is 0 Å². The van der Waals surface area contributed by atoms with Crippen LogP contribution in [0.15, 0.2) is 84.9 Å². The number of halogens is 1. The second-order valence-corrected chi connectivity index (χ2v) is 7.60. The first-order valence-corrected chi connectivity index (χ1v) is 9.98. The standard InChI is InChI=1S/C24H25ClN2/c25-23-13-11-20(12-14-23)19-26-15-17-27(18-16-26)24(21-7-3-1-4-8-21)22-9-5-2-6-10-22/h1-14,24H,15-19H2. The second kappa shape index (κ2) is 8.71. The average Bonchev–Trinajstić information content (AvgIpc) is 2.73. The van der Waals surface area contributed by atoms with Gasteiger partial charge in [-0.1, -0.05) is 84.4 Å². The smallest absolute Gasteiger partial charge is 0.0602 e. The molecule has 0 atom stereocenters. The molecule has 0 bridgehead atoms. The van der Waals surface area contributed by atoms with Crippen molar-refractivity contribution in [2.45, 2.75) is 12.6 Å². The molecule has 0 saturated carbocycles. The van der Waals surface area contributed by atoms with Gasteiger partial charge in [0.25, 0.3) is 0 Å². The minimum atomic E-state index is 0.324. The summed E-state index contributed by atoms with van der Waals surface area (Å²) >= 11 is 6.00. The van der Waals surface area contributed by atoms with Gasteiger partial charge in [-0.05, 0) is 28.8 Å². The Hall–Kier alpha value is -2.13. The fraction of sp³-hybridized carbons (Fsp3) is 0.250. The summed E-state index contributed by atoms with van der Waals surface area (Å²) in [7, 11) is 0. The molecule has 0 aliphatic carbocycles. The molecule has 138 valence electrons. The van der Waals surface area contributed by atoms with Gasteiger partial charge < -0.3 is 0 Å². The number of rotatable bonds is 5. The van der Waals surface area contributed by atoms with Crippen LogP contribution >= 0.6 is 11.6 Å². The van der Waals surface area contributed by atoms with E-state index in [4.69, 9.17) is 11.6 Å². The van der Waals surface area contributed by atoms with Crippen LogP contribution in [0.25, 0.3) is 0 Å². The molecule has 1 saturated heterocycles. The first-order valence-electron chi connectivity index (χ1n) is 9.60. The topological polar surface area (TPSA) is 6.48 Å². The lowest BCUT2D eigenvalue weighted by molar-refractivity contribution is 0.105. The molecule has 3 heteroatoms. The van der Waals surface area contributed by atoms with Crippen molar-refractivity contribution >= 4 is 11.6 Å². The van der Waals surface area contributed by atoms with Crippen LogP contribution in [0.3, 0.4) is 0 Å². The van der Waals surface area contributed by atoms with Crippen molar-refractivity contribution in [1.29, 1.82) is 0 Å². The number of nitrogens with zero attached hydrogens (tertiary/aromatic N) is 2. The van der Waals surface area contributed by atoms with Crippen LogP contribution in [0.1, 0.15) is 22.7 Å². The van der Waals surface area contributed by atoms with Crippen molar-refractivity contribution < 1.29 is 0 Å². The van der Waals surface area contributed by atoms with Gasteiger partial charge in [0.15, 0.2) is 0 Å². The molecule has 0 spiro atoms. The van der Waals surface area contributed by atoms with Crippen molar-refractivity contribution in [2.24, 2.45) is 0 Å². The third-order valence-corrected chi connectivity index (χ3v) is 5.57. The quantitative estimate of drug-likeness (QED) is 0.600. The van der Waals surface area contributed by atoms with E-state index in [1.165, 1.54) is 16.7 Å². The Kier molecular flexibility index (Phi) is 5.88. The molecule has 27 heavy (non-hydrogen) atoms. The molecule has 1 aliphatic rings. The second-order valence-electron chi connectivity index (χ2n) is 7.16. The highest BCUT2D eigenvalue weighted by atomic mass is 35.5. The lowest BCUT2D eigenvalue weighted by Crippen LogP contribution is -2.47. The van der Waals surface area contributed by atoms with Gasteiger partial charge in [-0.15, -0.1) is 0 Å². The van der Waals surface area contributed by atoms with Crippen LogP contribution in [0.2, 0.25) is 5.02 Å². The molecule has 4 rings (SSSR count). The molecule has 0 radical (unpaired) electrons. The van der Waals surface area contributed by atoms with E-state index in [1.807, 2.05) is 12.1 Å². The number of hydrogen-bond acceptors (Lipinski definition) is 2. The zero-order valence-corrected chi connectivity index (χ0v) is 16.2. The maximum atomic E-state index is 6.00. The Bertz CT molecular complexity index is 786. The molecule has 0 unspecified atom stereocenters. The number of piperazine rings is 1. The molecule has 3 aromatic rings. The van der Waals surface area contributed by atoms with Gasteiger partial charge in [-0.2, -0.15) is 0 Å². The Morgan fingerprint density at radius 2 is 1.19 bits per heavy atom. The van der Waals surface area contributed by atoms with Crippen molar-refractivity contribution in [3.63, 3.8) is 0 Å². The summed E-state index contributed by atoms with van der Waals surface area (Å²) in [6, 6.07) is 30.3. The zero-order valence-electron chi connectivity index (χ0n) is 15.5. The van der Waals surface area contributed by atoms with E-state index in [0.29, 0.717) is 6.04 Å². The van der Waals surface area contributed by atoms with E-state index in [2.05, 4.69) is 82.6 Å². The van der Waals surface area contributed by atoms with Crippen LogP contribution in [-0.2, 0) is 6.54 Å². The van der Waals surface area contributed by atoms with Crippen molar-refractivity contribution in [2.75, 3.05) is 26.2 Å². The largest absolute Gasteiger partial charge is 0.297 e. The highest BCUT2D eigenvalue weighted by Gasteiger charge is 2.26. The van der Waals surface area contributed by atoms with Crippen LogP contribution in [0.5, 0.6) is 0 Å². The lowest BCUT2D eigenvalue weighted by Gasteiger charge is -2.39. The van der Waals surface area contributed by atoms with E-state index >= 15 is 0 Å². The van der Waals surface area contributed by atoms with Crippen molar-refractivity contribution in [3.05, 3.63) is 107 Å². The monoisotopic (exact) mass is 376 g/mol. The maximum absolute atomic E-state index is 6.00. The number of benzene rings is 3. The first kappa shape index (κ1) is 18.2. The molecule has 0 N–H and O–H groups in total. The van der Waals surface area contributed by atoms with E-state index in [-0.39, 0.29) is 0 Å². The fourth-order valence-corrected chi connectivity index (χ4v) is 4.04. The minimum Gasteiger partial charge on any atom is -0.297 e. The summed E-state index contributed by atoms with van der Waals surface area (Å²) in [5.74, 6) is 0. The van der Waals surface area contributed by atoms with Crippen LogP contribution in [0.4, 0.5) is 0 Å². The molecule has 0 aromatic heterocycles. The Balaban J connectivity index is 1.46. The van der Waals surface area contributed by atoms with Gasteiger partial charge in [0.1, 0.15) is 0 Å². The molecular weight excluding hydrogens is 352 g/mol. The van der Waals surface area contributed by atoms with E-state index in [1.54, 1.807) is 0 Å². The van der Waals surface area contributed by atoms with Crippen LogP contribution in [-0.4, -0.2) is 36.0 Å². The molecule has 1 fully saturated rings. The van der Waals surface area contributed by atoms with E-state index in [9.17, 15) is 0 Å². The lowest BCUT2D eigenvalue weighted by atomic mass is 9.96. The SMILES string of the molecule is Clc1ccc(CN2CCN(C(c3ccccc3)c3ccccc3)CC2)cc1. The predicted molar refractivity (Wildman–Crippen MR) is 113 cm³/mol. The first-order chi connectivity index (χ1) is 13.3. The predicted octanol–water partition coefficient (Wildman–Crippen LogP) is 5.25. The molecular formula is C24H25ClN2. The van der Waals surface area contributed by atoms with Gasteiger partial charge in [0.2, 0.25) is 0 Å². The minimum absolute atomic E-state index is 0.324. The molecule has 3 aromatic carbocycles. The van der Waals surface area contributed by atoms with E-state index < -0.39 is 0 Å². The van der Waals surface area contributed by atoms with Gasteiger partial charge >= 0.3 is 0 Å². The van der Waals surface area contributed by atoms with Gasteiger partial charge in [0, 0.05) is 37.7 Å². The third-order valence-electron chi connectivity index (χ3n) is 5.32. The number of hydrogen-bond donors (Lipinski definition) is 0. The Morgan fingerprint density at radius 3 is 1.70 bits per heavy atom. The maximum Gasteiger partial charge on any atom is 0.0602 e. The Morgan fingerprint density at radius 1 is 0.667 bits per heavy atom. The van der Waals surface area contributed by atoms with Crippen LogP contribution in [0, 0.1) is 0 Å². The van der Waals surface area contributed by atoms with Crippen LogP contribution < -0.4 is 0 Å². The molecule has 0 amide bonds. The summed E-state index contributed by atoms with van der Waals surface area (Å²) in [5, 5.41) is 0.803.